The lowest BCUT2D eigenvalue weighted by atomic mass is 10.2. The van der Waals surface area contributed by atoms with Crippen LogP contribution in [0.2, 0.25) is 0 Å². The standard InChI is InChI=1S/C12H12N4O4/c1-3-20-12(17)9-4-6-10(7-5-9)15-8(2)11(13-14-15)16(18)19/h4-7H,3H2,1-2H3. The predicted molar refractivity (Wildman–Crippen MR) is 68.7 cm³/mol. The number of carbonyl (C=O) groups is 1. The van der Waals surface area contributed by atoms with Gasteiger partial charge in [-0.1, -0.05) is 0 Å². The minimum Gasteiger partial charge on any atom is -0.462 e. The van der Waals surface area contributed by atoms with Crippen molar-refractivity contribution >= 4 is 11.8 Å². The Morgan fingerprint density at radius 3 is 2.55 bits per heavy atom. The number of esters is 1. The van der Waals surface area contributed by atoms with Crippen LogP contribution in [0.25, 0.3) is 5.69 Å². The van der Waals surface area contributed by atoms with Crippen LogP contribution in [-0.2, 0) is 4.74 Å². The van der Waals surface area contributed by atoms with Gasteiger partial charge in [-0.25, -0.2) is 4.79 Å². The fraction of sp³-hybridized carbons (Fsp3) is 0.250. The Morgan fingerprint density at radius 2 is 2.05 bits per heavy atom. The van der Waals surface area contributed by atoms with Gasteiger partial charge < -0.3 is 14.9 Å². The van der Waals surface area contributed by atoms with Crippen LogP contribution in [0.1, 0.15) is 23.0 Å². The van der Waals surface area contributed by atoms with E-state index < -0.39 is 10.9 Å². The molecule has 0 unspecified atom stereocenters. The van der Waals surface area contributed by atoms with Crippen molar-refractivity contribution in [3.63, 3.8) is 0 Å². The lowest BCUT2D eigenvalue weighted by molar-refractivity contribution is -0.390. The third-order valence-electron chi connectivity index (χ3n) is 2.67. The second-order valence-corrected chi connectivity index (χ2v) is 3.93. The molecule has 0 aliphatic rings. The molecule has 104 valence electrons. The Balaban J connectivity index is 2.31. The summed E-state index contributed by atoms with van der Waals surface area (Å²) in [6, 6.07) is 6.38. The maximum absolute atomic E-state index is 11.5. The molecular weight excluding hydrogens is 264 g/mol. The van der Waals surface area contributed by atoms with Gasteiger partial charge >= 0.3 is 11.8 Å². The summed E-state index contributed by atoms with van der Waals surface area (Å²) < 4.78 is 6.21. The van der Waals surface area contributed by atoms with Gasteiger partial charge in [0.15, 0.2) is 0 Å². The summed E-state index contributed by atoms with van der Waals surface area (Å²) in [7, 11) is 0. The van der Waals surface area contributed by atoms with Crippen LogP contribution in [0.3, 0.4) is 0 Å². The molecule has 0 saturated heterocycles. The van der Waals surface area contributed by atoms with E-state index in [2.05, 4.69) is 10.3 Å². The summed E-state index contributed by atoms with van der Waals surface area (Å²) in [5, 5.41) is 17.9. The SMILES string of the molecule is CCOC(=O)c1ccc(-n2nnc([N+](=O)[O-])c2C)cc1. The van der Waals surface area contributed by atoms with Crippen molar-refractivity contribution < 1.29 is 14.5 Å². The summed E-state index contributed by atoms with van der Waals surface area (Å²) >= 11 is 0. The normalized spacial score (nSPS) is 10.3. The zero-order valence-electron chi connectivity index (χ0n) is 10.9. The number of hydrogen-bond donors (Lipinski definition) is 0. The van der Waals surface area contributed by atoms with Crippen molar-refractivity contribution in [2.24, 2.45) is 0 Å². The minimum atomic E-state index is -0.591. The molecule has 1 heterocycles. The Morgan fingerprint density at radius 1 is 1.40 bits per heavy atom. The molecule has 2 rings (SSSR count). The molecule has 0 spiro atoms. The van der Waals surface area contributed by atoms with Gasteiger partial charge in [0.05, 0.1) is 23.1 Å². The van der Waals surface area contributed by atoms with E-state index in [9.17, 15) is 14.9 Å². The van der Waals surface area contributed by atoms with Crippen LogP contribution in [-0.4, -0.2) is 32.5 Å². The van der Waals surface area contributed by atoms with Crippen LogP contribution in [0.5, 0.6) is 0 Å². The molecule has 1 aromatic heterocycles. The van der Waals surface area contributed by atoms with E-state index in [0.29, 0.717) is 23.6 Å². The van der Waals surface area contributed by atoms with Gasteiger partial charge in [-0.15, -0.1) is 0 Å². The van der Waals surface area contributed by atoms with Gasteiger partial charge in [0.25, 0.3) is 0 Å². The molecule has 0 radical (unpaired) electrons. The smallest absolute Gasteiger partial charge is 0.413 e. The van der Waals surface area contributed by atoms with E-state index in [1.54, 1.807) is 38.1 Å². The van der Waals surface area contributed by atoms with E-state index in [1.807, 2.05) is 0 Å². The summed E-state index contributed by atoms with van der Waals surface area (Å²) in [6.07, 6.45) is 0. The van der Waals surface area contributed by atoms with E-state index in [-0.39, 0.29) is 5.82 Å². The Kier molecular flexibility index (Phi) is 3.74. The lowest BCUT2D eigenvalue weighted by Crippen LogP contribution is -2.05. The summed E-state index contributed by atoms with van der Waals surface area (Å²) in [5.41, 5.74) is 1.30. The molecule has 8 nitrogen and oxygen atoms in total. The first kappa shape index (κ1) is 13.7. The number of rotatable bonds is 4. The number of ether oxygens (including phenoxy) is 1. The average Bonchev–Trinajstić information content (AvgIpc) is 2.81. The third-order valence-corrected chi connectivity index (χ3v) is 2.67. The number of aromatic nitrogens is 3. The maximum atomic E-state index is 11.5. The number of carbonyl (C=O) groups excluding carboxylic acids is 1. The fourth-order valence-electron chi connectivity index (χ4n) is 1.69. The topological polar surface area (TPSA) is 100 Å². The summed E-state index contributed by atoms with van der Waals surface area (Å²) in [4.78, 5) is 21.6. The first-order valence-electron chi connectivity index (χ1n) is 5.88. The average molecular weight is 276 g/mol. The molecule has 0 aliphatic heterocycles. The molecular formula is C12H12N4O4. The third kappa shape index (κ3) is 2.48. The molecule has 0 N–H and O–H groups in total. The van der Waals surface area contributed by atoms with Gasteiger partial charge in [-0.2, -0.15) is 4.68 Å². The highest BCUT2D eigenvalue weighted by Crippen LogP contribution is 2.18. The Hall–Kier alpha value is -2.77. The van der Waals surface area contributed by atoms with Crippen molar-refractivity contribution in [1.29, 1.82) is 0 Å². The highest BCUT2D eigenvalue weighted by atomic mass is 16.6. The van der Waals surface area contributed by atoms with Crippen molar-refractivity contribution in [3.8, 4) is 5.69 Å². The summed E-state index contributed by atoms with van der Waals surface area (Å²) in [5.74, 6) is -0.709. The number of benzene rings is 1. The number of nitro groups is 1. The van der Waals surface area contributed by atoms with Crippen LogP contribution >= 0.6 is 0 Å². The van der Waals surface area contributed by atoms with Gasteiger partial charge in [-0.3, -0.25) is 0 Å². The molecule has 0 saturated carbocycles. The molecule has 0 amide bonds. The first-order chi connectivity index (χ1) is 9.54. The van der Waals surface area contributed by atoms with Crippen LogP contribution in [0.15, 0.2) is 24.3 Å². The Labute approximate surface area is 114 Å². The largest absolute Gasteiger partial charge is 0.462 e. The predicted octanol–water partition coefficient (Wildman–Crippen LogP) is 1.66. The van der Waals surface area contributed by atoms with Crippen LogP contribution in [0.4, 0.5) is 5.82 Å². The van der Waals surface area contributed by atoms with Gasteiger partial charge in [0.1, 0.15) is 10.8 Å². The van der Waals surface area contributed by atoms with E-state index in [1.165, 1.54) is 4.68 Å². The monoisotopic (exact) mass is 276 g/mol. The zero-order chi connectivity index (χ0) is 14.7. The van der Waals surface area contributed by atoms with Crippen molar-refractivity contribution in [2.45, 2.75) is 13.8 Å². The molecule has 0 fully saturated rings. The Bertz CT molecular complexity index is 648. The fourth-order valence-corrected chi connectivity index (χ4v) is 1.69. The highest BCUT2D eigenvalue weighted by molar-refractivity contribution is 5.89. The first-order valence-corrected chi connectivity index (χ1v) is 5.88. The molecule has 0 atom stereocenters. The summed E-state index contributed by atoms with van der Waals surface area (Å²) in [6.45, 7) is 3.58. The quantitative estimate of drug-likeness (QED) is 0.478. The van der Waals surface area contributed by atoms with Crippen molar-refractivity contribution in [3.05, 3.63) is 45.6 Å². The van der Waals surface area contributed by atoms with Gasteiger partial charge in [0.2, 0.25) is 0 Å². The van der Waals surface area contributed by atoms with E-state index in [4.69, 9.17) is 4.74 Å². The molecule has 2 aromatic rings. The second kappa shape index (κ2) is 5.47. The highest BCUT2D eigenvalue weighted by Gasteiger charge is 2.20. The lowest BCUT2D eigenvalue weighted by Gasteiger charge is -2.04. The minimum absolute atomic E-state index is 0.292. The van der Waals surface area contributed by atoms with E-state index in [0.717, 1.165) is 0 Å². The molecule has 20 heavy (non-hydrogen) atoms. The molecule has 1 aromatic carbocycles. The van der Waals surface area contributed by atoms with Gasteiger partial charge in [0, 0.05) is 0 Å². The van der Waals surface area contributed by atoms with Crippen molar-refractivity contribution in [1.82, 2.24) is 15.0 Å². The van der Waals surface area contributed by atoms with Crippen LogP contribution < -0.4 is 0 Å². The molecule has 0 aliphatic carbocycles. The van der Waals surface area contributed by atoms with Crippen molar-refractivity contribution in [2.75, 3.05) is 6.61 Å². The number of nitrogens with zero attached hydrogens (tertiary/aromatic N) is 4. The number of hydrogen-bond acceptors (Lipinski definition) is 6. The maximum Gasteiger partial charge on any atom is 0.413 e. The van der Waals surface area contributed by atoms with E-state index >= 15 is 0 Å². The van der Waals surface area contributed by atoms with Gasteiger partial charge in [-0.05, 0) is 43.0 Å². The second-order valence-electron chi connectivity index (χ2n) is 3.93. The molecule has 8 heteroatoms. The zero-order valence-corrected chi connectivity index (χ0v) is 10.9. The molecule has 0 bridgehead atoms. The van der Waals surface area contributed by atoms with Crippen LogP contribution in [0, 0.1) is 17.0 Å².